The van der Waals surface area contributed by atoms with Gasteiger partial charge in [-0.05, 0) is 11.1 Å². The summed E-state index contributed by atoms with van der Waals surface area (Å²) in [5.41, 5.74) is -5.34. The van der Waals surface area contributed by atoms with Gasteiger partial charge in [-0.3, -0.25) is 9.59 Å². The van der Waals surface area contributed by atoms with Gasteiger partial charge in [0.2, 0.25) is 0 Å². The quantitative estimate of drug-likeness (QED) is 0.177. The SMILES string of the molecule is O=C/C(=C(/Cl)C(F)(F)C(F)(F)C(F)(F)F)c1ccc(/C(C=O)=C(\Cl)C(F)(F)C(F)(F)C(F)(F)F)cc1. The third kappa shape index (κ3) is 5.19. The van der Waals surface area contributed by atoms with Crippen molar-refractivity contribution in [3.05, 3.63) is 45.5 Å². The third-order valence-electron chi connectivity index (χ3n) is 4.27. The number of hydrogen-bond acceptors (Lipinski definition) is 2. The summed E-state index contributed by atoms with van der Waals surface area (Å²) in [7, 11) is 0. The lowest BCUT2D eigenvalue weighted by molar-refractivity contribution is -0.343. The highest BCUT2D eigenvalue weighted by atomic mass is 35.5. The molecule has 0 heterocycles. The van der Waals surface area contributed by atoms with E-state index in [1.54, 1.807) is 0 Å². The van der Waals surface area contributed by atoms with Gasteiger partial charge >= 0.3 is 36.0 Å². The molecular formula is C18H6Cl2F14O2. The molecule has 0 aliphatic carbocycles. The lowest BCUT2D eigenvalue weighted by atomic mass is 9.97. The number of carbonyl (C=O) groups is 2. The summed E-state index contributed by atoms with van der Waals surface area (Å²) >= 11 is 9.88. The lowest BCUT2D eigenvalue weighted by Crippen LogP contribution is -2.52. The molecule has 0 N–H and O–H groups in total. The van der Waals surface area contributed by atoms with Crippen LogP contribution in [-0.4, -0.2) is 48.6 Å². The van der Waals surface area contributed by atoms with Crippen molar-refractivity contribution in [1.82, 2.24) is 0 Å². The average Bonchev–Trinajstić information content (AvgIpc) is 2.73. The van der Waals surface area contributed by atoms with E-state index in [1.807, 2.05) is 0 Å². The summed E-state index contributed by atoms with van der Waals surface area (Å²) in [6, 6.07) is 1.32. The van der Waals surface area contributed by atoms with Crippen molar-refractivity contribution in [2.45, 2.75) is 36.0 Å². The third-order valence-corrected chi connectivity index (χ3v) is 5.15. The molecule has 0 bridgehead atoms. The second-order valence-corrected chi connectivity index (χ2v) is 7.32. The van der Waals surface area contributed by atoms with Crippen LogP contribution in [0.15, 0.2) is 34.3 Å². The number of carbonyl (C=O) groups excluding carboxylic acids is 2. The van der Waals surface area contributed by atoms with E-state index in [1.165, 1.54) is 0 Å². The van der Waals surface area contributed by atoms with Gasteiger partial charge in [0.1, 0.15) is 10.1 Å². The van der Waals surface area contributed by atoms with Crippen LogP contribution in [0.5, 0.6) is 0 Å². The Morgan fingerprint density at radius 3 is 0.917 bits per heavy atom. The first kappa shape index (κ1) is 31.7. The monoisotopic (exact) mass is 590 g/mol. The van der Waals surface area contributed by atoms with Crippen LogP contribution < -0.4 is 0 Å². The van der Waals surface area contributed by atoms with Crippen molar-refractivity contribution in [1.29, 1.82) is 0 Å². The van der Waals surface area contributed by atoms with Crippen LogP contribution in [0.4, 0.5) is 61.5 Å². The molecule has 0 spiro atoms. The summed E-state index contributed by atoms with van der Waals surface area (Å²) in [4.78, 5) is 22.2. The highest BCUT2D eigenvalue weighted by Gasteiger charge is 2.75. The first-order valence-electron chi connectivity index (χ1n) is 8.39. The van der Waals surface area contributed by atoms with Crippen LogP contribution in [0, 0.1) is 0 Å². The van der Waals surface area contributed by atoms with E-state index in [4.69, 9.17) is 23.2 Å². The zero-order chi connectivity index (χ0) is 28.7. The minimum atomic E-state index is -6.83. The fourth-order valence-corrected chi connectivity index (χ4v) is 2.84. The zero-order valence-electron chi connectivity index (χ0n) is 16.3. The van der Waals surface area contributed by atoms with E-state index >= 15 is 0 Å². The molecule has 1 aromatic carbocycles. The van der Waals surface area contributed by atoms with Crippen molar-refractivity contribution < 1.29 is 71.1 Å². The van der Waals surface area contributed by atoms with Gasteiger partial charge in [-0.1, -0.05) is 47.5 Å². The Kier molecular flexibility index (Phi) is 8.65. The number of halogens is 16. The van der Waals surface area contributed by atoms with Gasteiger partial charge in [0.05, 0.1) is 0 Å². The van der Waals surface area contributed by atoms with E-state index in [0.29, 0.717) is 24.3 Å². The molecule has 0 radical (unpaired) electrons. The van der Waals surface area contributed by atoms with Crippen molar-refractivity contribution in [3.63, 3.8) is 0 Å². The molecule has 0 saturated carbocycles. The maximum Gasteiger partial charge on any atom is 0.460 e. The Balaban J connectivity index is 3.68. The molecule has 1 aromatic rings. The molecule has 0 saturated heterocycles. The predicted molar refractivity (Wildman–Crippen MR) is 96.0 cm³/mol. The second-order valence-electron chi connectivity index (χ2n) is 6.56. The molecule has 0 aliphatic heterocycles. The van der Waals surface area contributed by atoms with Gasteiger partial charge in [0.25, 0.3) is 0 Å². The molecule has 202 valence electrons. The molecule has 0 atom stereocenters. The highest BCUT2D eigenvalue weighted by molar-refractivity contribution is 6.38. The minimum absolute atomic E-state index is 0.330. The molecule has 0 unspecified atom stereocenters. The Hall–Kier alpha value is -2.36. The van der Waals surface area contributed by atoms with Crippen LogP contribution in [0.2, 0.25) is 0 Å². The zero-order valence-corrected chi connectivity index (χ0v) is 17.8. The van der Waals surface area contributed by atoms with E-state index < -0.39 is 81.0 Å². The fourth-order valence-electron chi connectivity index (χ4n) is 2.29. The van der Waals surface area contributed by atoms with Gasteiger partial charge in [-0.25, -0.2) is 0 Å². The highest BCUT2D eigenvalue weighted by Crippen LogP contribution is 2.53. The standard InChI is InChI=1S/C18H6Cl2F14O2/c19-11(13(21,22)15(25,26)17(29,30)31)9(5-35)7-1-2-8(4-3-7)10(6-36)12(20)14(23,24)16(27,28)18(32,33)34/h1-6H/b11-9-,12-10-. The average molecular weight is 591 g/mol. The van der Waals surface area contributed by atoms with Crippen molar-refractivity contribution >= 4 is 46.9 Å². The number of benzene rings is 1. The normalized spacial score (nSPS) is 15.8. The maximum atomic E-state index is 13.8. The number of alkyl halides is 14. The molecular weight excluding hydrogens is 585 g/mol. The molecule has 0 fully saturated rings. The van der Waals surface area contributed by atoms with E-state index in [-0.39, 0.29) is 0 Å². The Morgan fingerprint density at radius 1 is 0.528 bits per heavy atom. The van der Waals surface area contributed by atoms with Crippen LogP contribution >= 0.6 is 23.2 Å². The summed E-state index contributed by atoms with van der Waals surface area (Å²) < 4.78 is 182. The fraction of sp³-hybridized carbons (Fsp3) is 0.333. The molecule has 1 rings (SSSR count). The Bertz CT molecular complexity index is 982. The van der Waals surface area contributed by atoms with E-state index in [2.05, 4.69) is 0 Å². The number of allylic oxidation sites excluding steroid dienone is 4. The van der Waals surface area contributed by atoms with Crippen LogP contribution in [0.1, 0.15) is 11.1 Å². The number of hydrogen-bond donors (Lipinski definition) is 0. The first-order chi connectivity index (χ1) is 15.9. The number of rotatable bonds is 8. The maximum absolute atomic E-state index is 13.8. The van der Waals surface area contributed by atoms with Crippen molar-refractivity contribution in [3.8, 4) is 0 Å². The topological polar surface area (TPSA) is 34.1 Å². The van der Waals surface area contributed by atoms with Crippen LogP contribution in [0.25, 0.3) is 11.1 Å². The van der Waals surface area contributed by atoms with E-state index in [0.717, 1.165) is 0 Å². The van der Waals surface area contributed by atoms with E-state index in [9.17, 15) is 71.1 Å². The van der Waals surface area contributed by atoms with Gasteiger partial charge in [-0.2, -0.15) is 61.5 Å². The first-order valence-corrected chi connectivity index (χ1v) is 9.15. The minimum Gasteiger partial charge on any atom is -0.298 e. The van der Waals surface area contributed by atoms with Gasteiger partial charge < -0.3 is 0 Å². The molecule has 36 heavy (non-hydrogen) atoms. The molecule has 0 amide bonds. The summed E-state index contributed by atoms with van der Waals surface area (Å²) in [6.45, 7) is 0. The molecule has 2 nitrogen and oxygen atoms in total. The lowest BCUT2D eigenvalue weighted by Gasteiger charge is -2.28. The Morgan fingerprint density at radius 2 is 0.750 bits per heavy atom. The van der Waals surface area contributed by atoms with Crippen LogP contribution in [-0.2, 0) is 9.59 Å². The van der Waals surface area contributed by atoms with Crippen molar-refractivity contribution in [2.75, 3.05) is 0 Å². The van der Waals surface area contributed by atoms with Gasteiger partial charge in [0, 0.05) is 11.1 Å². The Labute approximate surface area is 200 Å². The van der Waals surface area contributed by atoms with Crippen LogP contribution in [0.3, 0.4) is 0 Å². The molecule has 0 aliphatic rings. The number of aldehydes is 2. The smallest absolute Gasteiger partial charge is 0.298 e. The predicted octanol–water partition coefficient (Wildman–Crippen LogP) is 7.65. The summed E-state index contributed by atoms with van der Waals surface area (Å²) in [6.07, 6.45) is -15.1. The van der Waals surface area contributed by atoms with Gasteiger partial charge in [-0.15, -0.1) is 0 Å². The summed E-state index contributed by atoms with van der Waals surface area (Å²) in [5, 5.41) is -5.23. The van der Waals surface area contributed by atoms with Crippen molar-refractivity contribution in [2.24, 2.45) is 0 Å². The molecule has 18 heteroatoms. The summed E-state index contributed by atoms with van der Waals surface area (Å²) in [5.74, 6) is -26.0. The second kappa shape index (κ2) is 9.84. The molecule has 0 aromatic heterocycles. The van der Waals surface area contributed by atoms with Gasteiger partial charge in [0.15, 0.2) is 12.6 Å². The largest absolute Gasteiger partial charge is 0.460 e.